The van der Waals surface area contributed by atoms with Crippen LogP contribution in [0.3, 0.4) is 0 Å². The van der Waals surface area contributed by atoms with Crippen molar-refractivity contribution in [3.05, 3.63) is 0 Å². The van der Waals surface area contributed by atoms with Crippen LogP contribution in [0.15, 0.2) is 0 Å². The van der Waals surface area contributed by atoms with Crippen molar-refractivity contribution in [1.29, 1.82) is 0 Å². The van der Waals surface area contributed by atoms with E-state index in [1.165, 1.54) is 36.2 Å². The van der Waals surface area contributed by atoms with E-state index in [0.717, 1.165) is 15.2 Å². The highest BCUT2D eigenvalue weighted by Crippen LogP contribution is 1.99. The third kappa shape index (κ3) is 11.8. The molecule has 0 aromatic heterocycles. The zero-order valence-electron chi connectivity index (χ0n) is 6.82. The van der Waals surface area contributed by atoms with E-state index in [-0.39, 0.29) is 17.4 Å². The van der Waals surface area contributed by atoms with Crippen LogP contribution < -0.4 is 0 Å². The Kier molecular flexibility index (Phi) is 17.3. The summed E-state index contributed by atoms with van der Waals surface area (Å²) in [6, 6.07) is 0. The molecular formula is C8H21Al2. The lowest BCUT2D eigenvalue weighted by atomic mass is 10.4. The van der Waals surface area contributed by atoms with Crippen molar-refractivity contribution >= 4 is 32.6 Å². The third-order valence-corrected chi connectivity index (χ3v) is 3.16. The number of hydrogen-bond donors (Lipinski definition) is 0. The second-order valence-electron chi connectivity index (χ2n) is 2.57. The van der Waals surface area contributed by atoms with E-state index in [2.05, 4.69) is 13.8 Å². The molecular weight excluding hydrogens is 150 g/mol. The first-order valence-electron chi connectivity index (χ1n) is 4.23. The molecule has 0 fully saturated rings. The fraction of sp³-hybridized carbons (Fsp3) is 1.00. The van der Waals surface area contributed by atoms with E-state index >= 15 is 0 Å². The molecule has 2 heteroatoms. The van der Waals surface area contributed by atoms with Gasteiger partial charge in [0, 0.05) is 0 Å². The van der Waals surface area contributed by atoms with Gasteiger partial charge in [-0.25, -0.2) is 0 Å². The highest BCUT2D eigenvalue weighted by atomic mass is 27.1. The van der Waals surface area contributed by atoms with E-state index in [1.54, 1.807) is 0 Å². The lowest BCUT2D eigenvalue weighted by Crippen LogP contribution is -1.87. The minimum Gasteiger partial charge on any atom is -0.104 e. The molecule has 0 saturated carbocycles. The second-order valence-corrected chi connectivity index (χ2v) is 4.31. The van der Waals surface area contributed by atoms with Crippen molar-refractivity contribution < 1.29 is 0 Å². The summed E-state index contributed by atoms with van der Waals surface area (Å²) in [5, 5.41) is 3.08. The largest absolute Gasteiger partial charge is 0.199 e. The Bertz CT molecular complexity index is 40.5. The first kappa shape index (κ1) is 13.6. The number of unbranched alkanes of at least 4 members (excludes halogenated alkanes) is 2. The summed E-state index contributed by atoms with van der Waals surface area (Å²) >= 11 is 0.818. The normalized spacial score (nSPS) is 8.60. The average Bonchev–Trinajstić information content (AvgIpc) is 1.89. The SMILES string of the molecule is CCC[CH2][Al][CH2]CCC.[AlH3]. The van der Waals surface area contributed by atoms with Gasteiger partial charge in [0.25, 0.3) is 0 Å². The summed E-state index contributed by atoms with van der Waals surface area (Å²) in [5.41, 5.74) is 0. The molecule has 0 unspecified atom stereocenters. The lowest BCUT2D eigenvalue weighted by Gasteiger charge is -1.93. The molecule has 0 spiro atoms. The van der Waals surface area contributed by atoms with Gasteiger partial charge in [-0.2, -0.15) is 0 Å². The van der Waals surface area contributed by atoms with Gasteiger partial charge in [-0.3, -0.25) is 0 Å². The Labute approximate surface area is 82.6 Å². The van der Waals surface area contributed by atoms with Gasteiger partial charge in [-0.15, -0.1) is 10.6 Å². The van der Waals surface area contributed by atoms with Gasteiger partial charge < -0.3 is 0 Å². The van der Waals surface area contributed by atoms with Crippen molar-refractivity contribution in [2.24, 2.45) is 0 Å². The zero-order valence-corrected chi connectivity index (χ0v) is 7.97. The van der Waals surface area contributed by atoms with Crippen LogP contribution in [0.25, 0.3) is 0 Å². The van der Waals surface area contributed by atoms with E-state index in [9.17, 15) is 0 Å². The van der Waals surface area contributed by atoms with E-state index < -0.39 is 0 Å². The molecule has 0 aliphatic rings. The summed E-state index contributed by atoms with van der Waals surface area (Å²) < 4.78 is 0. The molecule has 0 saturated heterocycles. The highest BCUT2D eigenvalue weighted by Gasteiger charge is 1.89. The van der Waals surface area contributed by atoms with Crippen molar-refractivity contribution in [1.82, 2.24) is 0 Å². The maximum Gasteiger partial charge on any atom is 0.199 e. The molecule has 0 N–H and O–H groups in total. The van der Waals surface area contributed by atoms with Crippen LogP contribution >= 0.6 is 0 Å². The Morgan fingerprint density at radius 2 is 1.30 bits per heavy atom. The average molecular weight is 171 g/mol. The molecule has 0 amide bonds. The molecule has 0 aromatic carbocycles. The predicted octanol–water partition coefficient (Wildman–Crippen LogP) is 1.94. The molecule has 0 rings (SSSR count). The molecule has 0 aliphatic carbocycles. The van der Waals surface area contributed by atoms with Gasteiger partial charge >= 0.3 is 0 Å². The molecule has 1 radical (unpaired) electrons. The van der Waals surface area contributed by atoms with Crippen LogP contribution in [0.4, 0.5) is 0 Å². The smallest absolute Gasteiger partial charge is 0.104 e. The topological polar surface area (TPSA) is 0 Å². The zero-order chi connectivity index (χ0) is 6.95. The Hall–Kier alpha value is 1.06. The Morgan fingerprint density at radius 1 is 0.900 bits per heavy atom. The van der Waals surface area contributed by atoms with Gasteiger partial charge in [-0.05, 0) is 0 Å². The molecule has 0 aliphatic heterocycles. The summed E-state index contributed by atoms with van der Waals surface area (Å²) in [6.45, 7) is 4.55. The molecule has 10 heavy (non-hydrogen) atoms. The molecule has 0 bridgehead atoms. The van der Waals surface area contributed by atoms with Crippen LogP contribution in [-0.2, 0) is 0 Å². The van der Waals surface area contributed by atoms with Gasteiger partial charge in [0.1, 0.15) is 0 Å². The first-order chi connectivity index (χ1) is 4.41. The van der Waals surface area contributed by atoms with E-state index in [1.807, 2.05) is 0 Å². The summed E-state index contributed by atoms with van der Waals surface area (Å²) in [5.74, 6) is 0. The fourth-order valence-electron chi connectivity index (χ4n) is 0.841. The second kappa shape index (κ2) is 12.7. The van der Waals surface area contributed by atoms with Crippen molar-refractivity contribution in [2.45, 2.75) is 50.1 Å². The first-order valence-corrected chi connectivity index (χ1v) is 5.86. The van der Waals surface area contributed by atoms with Gasteiger partial charge in [0.2, 0.25) is 0 Å². The summed E-state index contributed by atoms with van der Waals surface area (Å²) in [6.07, 6.45) is 5.72. The lowest BCUT2D eigenvalue weighted by molar-refractivity contribution is 0.851. The van der Waals surface area contributed by atoms with E-state index in [4.69, 9.17) is 0 Å². The summed E-state index contributed by atoms with van der Waals surface area (Å²) in [7, 11) is 0. The van der Waals surface area contributed by atoms with Gasteiger partial charge in [-0.1, -0.05) is 39.5 Å². The van der Waals surface area contributed by atoms with Crippen LogP contribution in [0.1, 0.15) is 39.5 Å². The minimum absolute atomic E-state index is 0. The number of rotatable bonds is 6. The quantitative estimate of drug-likeness (QED) is 0.423. The van der Waals surface area contributed by atoms with Crippen molar-refractivity contribution in [3.8, 4) is 0 Å². The fourth-order valence-corrected chi connectivity index (χ4v) is 2.52. The molecule has 0 heterocycles. The maximum absolute atomic E-state index is 2.28. The predicted molar refractivity (Wildman–Crippen MR) is 55.1 cm³/mol. The van der Waals surface area contributed by atoms with Gasteiger partial charge in [0.15, 0.2) is 32.6 Å². The summed E-state index contributed by atoms with van der Waals surface area (Å²) in [4.78, 5) is 0. The third-order valence-electron chi connectivity index (χ3n) is 1.52. The molecule has 0 atom stereocenters. The number of hydrogen-bond acceptors (Lipinski definition) is 0. The standard InChI is InChI=1S/2C4H9.2Al.3H/c2*1-3-4-2;;;;;/h2*1,3-4H2,2H3;;;;;. The molecule has 0 nitrogen and oxygen atoms in total. The van der Waals surface area contributed by atoms with Crippen LogP contribution in [0.2, 0.25) is 10.6 Å². The van der Waals surface area contributed by atoms with Gasteiger partial charge in [0.05, 0.1) is 0 Å². The van der Waals surface area contributed by atoms with Crippen molar-refractivity contribution in [2.75, 3.05) is 0 Å². The van der Waals surface area contributed by atoms with Crippen LogP contribution in [-0.4, -0.2) is 32.6 Å². The van der Waals surface area contributed by atoms with Crippen LogP contribution in [0.5, 0.6) is 0 Å². The monoisotopic (exact) mass is 171 g/mol. The van der Waals surface area contributed by atoms with Crippen LogP contribution in [0, 0.1) is 0 Å². The highest BCUT2D eigenvalue weighted by molar-refractivity contribution is 6.35. The van der Waals surface area contributed by atoms with E-state index in [0.29, 0.717) is 0 Å². The Balaban J connectivity index is 0. The minimum atomic E-state index is 0. The molecule has 0 aromatic rings. The molecule has 59 valence electrons. The maximum atomic E-state index is 2.28. The Morgan fingerprint density at radius 3 is 1.60 bits per heavy atom. The van der Waals surface area contributed by atoms with Crippen molar-refractivity contribution in [3.63, 3.8) is 0 Å².